The Kier molecular flexibility index (Phi) is 4.44. The lowest BCUT2D eigenvalue weighted by Gasteiger charge is -2.36. The molecule has 2 N–H and O–H groups in total. The van der Waals surface area contributed by atoms with Crippen LogP contribution in [0, 0.1) is 0 Å². The molecule has 2 aliphatic rings. The molecule has 2 unspecified atom stereocenters. The third-order valence-electron chi connectivity index (χ3n) is 3.87. The van der Waals surface area contributed by atoms with Gasteiger partial charge in [0.15, 0.2) is 0 Å². The number of hydrogen-bond donors (Lipinski definition) is 2. The molecular formula is C11H20N2O5S. The molecule has 8 heteroatoms. The minimum Gasteiger partial charge on any atom is -0.480 e. The van der Waals surface area contributed by atoms with E-state index in [1.165, 1.54) is 4.31 Å². The zero-order valence-corrected chi connectivity index (χ0v) is 11.5. The Bertz CT molecular complexity index is 438. The van der Waals surface area contributed by atoms with Crippen LogP contribution >= 0.6 is 0 Å². The van der Waals surface area contributed by atoms with Crippen LogP contribution in [0.25, 0.3) is 0 Å². The van der Waals surface area contributed by atoms with E-state index in [-0.39, 0.29) is 13.2 Å². The predicted molar refractivity (Wildman–Crippen MR) is 67.7 cm³/mol. The molecule has 0 amide bonds. The number of piperidine rings is 1. The van der Waals surface area contributed by atoms with Gasteiger partial charge >= 0.3 is 5.97 Å². The van der Waals surface area contributed by atoms with Gasteiger partial charge in [-0.05, 0) is 32.1 Å². The quantitative estimate of drug-likeness (QED) is 0.736. The second-order valence-electron chi connectivity index (χ2n) is 5.06. The summed E-state index contributed by atoms with van der Waals surface area (Å²) >= 11 is 0. The highest BCUT2D eigenvalue weighted by atomic mass is 32.2. The highest BCUT2D eigenvalue weighted by molar-refractivity contribution is 7.86. The molecule has 0 saturated carbocycles. The fraction of sp³-hybridized carbons (Fsp3) is 0.909. The number of carboxylic acids is 1. The number of aliphatic hydroxyl groups excluding tert-OH is 1. The molecule has 2 saturated heterocycles. The van der Waals surface area contributed by atoms with E-state index in [0.29, 0.717) is 32.2 Å². The second-order valence-corrected chi connectivity index (χ2v) is 6.89. The maximum Gasteiger partial charge on any atom is 0.322 e. The standard InChI is InChI=1S/C11H20N2O5S/c14-8-9-4-3-7-12(9)19(17,18)13-6-2-1-5-10(13)11(15)16/h9-10,14H,1-8H2,(H,15,16). The second kappa shape index (κ2) is 5.74. The van der Waals surface area contributed by atoms with Crippen LogP contribution in [0.2, 0.25) is 0 Å². The minimum absolute atomic E-state index is 0.217. The van der Waals surface area contributed by atoms with Crippen molar-refractivity contribution in [2.24, 2.45) is 0 Å². The number of aliphatic hydroxyl groups is 1. The van der Waals surface area contributed by atoms with Crippen molar-refractivity contribution in [3.63, 3.8) is 0 Å². The third-order valence-corrected chi connectivity index (χ3v) is 5.97. The zero-order valence-electron chi connectivity index (χ0n) is 10.7. The molecule has 2 rings (SSSR count). The average Bonchev–Trinajstić information content (AvgIpc) is 2.87. The number of carboxylic acid groups (broad SMARTS) is 1. The van der Waals surface area contributed by atoms with Crippen LogP contribution in [-0.4, -0.2) is 65.0 Å². The van der Waals surface area contributed by atoms with Gasteiger partial charge in [-0.3, -0.25) is 4.79 Å². The van der Waals surface area contributed by atoms with Gasteiger partial charge in [-0.2, -0.15) is 17.0 Å². The van der Waals surface area contributed by atoms with Crippen molar-refractivity contribution < 1.29 is 23.4 Å². The van der Waals surface area contributed by atoms with Gasteiger partial charge in [-0.15, -0.1) is 0 Å². The minimum atomic E-state index is -3.79. The molecule has 0 spiro atoms. The van der Waals surface area contributed by atoms with Crippen molar-refractivity contribution in [2.45, 2.75) is 44.2 Å². The van der Waals surface area contributed by atoms with E-state index in [9.17, 15) is 18.3 Å². The third kappa shape index (κ3) is 2.76. The Morgan fingerprint density at radius 2 is 1.79 bits per heavy atom. The summed E-state index contributed by atoms with van der Waals surface area (Å²) in [6.07, 6.45) is 3.09. The van der Waals surface area contributed by atoms with Gasteiger partial charge in [0.25, 0.3) is 10.2 Å². The van der Waals surface area contributed by atoms with E-state index in [2.05, 4.69) is 0 Å². The van der Waals surface area contributed by atoms with Crippen LogP contribution in [0.1, 0.15) is 32.1 Å². The first-order valence-electron chi connectivity index (χ1n) is 6.60. The molecule has 2 aliphatic heterocycles. The van der Waals surface area contributed by atoms with Crippen LogP contribution in [0.4, 0.5) is 0 Å². The summed E-state index contributed by atoms with van der Waals surface area (Å²) in [5, 5.41) is 18.4. The molecule has 110 valence electrons. The molecule has 0 aromatic carbocycles. The molecule has 2 heterocycles. The van der Waals surface area contributed by atoms with E-state index >= 15 is 0 Å². The van der Waals surface area contributed by atoms with Gasteiger partial charge in [-0.25, -0.2) is 0 Å². The van der Waals surface area contributed by atoms with Gasteiger partial charge in [0.05, 0.1) is 6.61 Å². The smallest absolute Gasteiger partial charge is 0.322 e. The van der Waals surface area contributed by atoms with Gasteiger partial charge in [0.2, 0.25) is 0 Å². The SMILES string of the molecule is O=C(O)C1CCCCN1S(=O)(=O)N1CCCC1CO. The Hall–Kier alpha value is -0.700. The number of nitrogens with zero attached hydrogens (tertiary/aromatic N) is 2. The van der Waals surface area contributed by atoms with Crippen LogP contribution in [0.3, 0.4) is 0 Å². The van der Waals surface area contributed by atoms with E-state index in [0.717, 1.165) is 10.7 Å². The lowest BCUT2D eigenvalue weighted by atomic mass is 10.1. The van der Waals surface area contributed by atoms with Crippen molar-refractivity contribution in [3.05, 3.63) is 0 Å². The van der Waals surface area contributed by atoms with Crippen LogP contribution in [0.5, 0.6) is 0 Å². The van der Waals surface area contributed by atoms with E-state index in [1.807, 2.05) is 0 Å². The zero-order chi connectivity index (χ0) is 14.0. The Labute approximate surface area is 113 Å². The number of hydrogen-bond acceptors (Lipinski definition) is 4. The number of rotatable bonds is 4. The van der Waals surface area contributed by atoms with Crippen molar-refractivity contribution in [2.75, 3.05) is 19.7 Å². The fourth-order valence-electron chi connectivity index (χ4n) is 2.86. The Balaban J connectivity index is 2.24. The number of carbonyl (C=O) groups is 1. The van der Waals surface area contributed by atoms with Gasteiger partial charge in [-0.1, -0.05) is 0 Å². The molecule has 19 heavy (non-hydrogen) atoms. The monoisotopic (exact) mass is 292 g/mol. The first kappa shape index (κ1) is 14.7. The fourth-order valence-corrected chi connectivity index (χ4v) is 4.91. The summed E-state index contributed by atoms with van der Waals surface area (Å²) < 4.78 is 27.4. The van der Waals surface area contributed by atoms with E-state index in [1.54, 1.807) is 0 Å². The molecule has 2 atom stereocenters. The summed E-state index contributed by atoms with van der Waals surface area (Å²) in [5.41, 5.74) is 0. The molecule has 0 aromatic heterocycles. The Morgan fingerprint density at radius 1 is 1.11 bits per heavy atom. The van der Waals surface area contributed by atoms with Gasteiger partial charge < -0.3 is 10.2 Å². The van der Waals surface area contributed by atoms with Gasteiger partial charge in [0.1, 0.15) is 6.04 Å². The largest absolute Gasteiger partial charge is 0.480 e. The predicted octanol–water partition coefficient (Wildman–Crippen LogP) is -0.373. The van der Waals surface area contributed by atoms with Crippen molar-refractivity contribution in [1.29, 1.82) is 0 Å². The first-order valence-corrected chi connectivity index (χ1v) is 8.00. The molecular weight excluding hydrogens is 272 g/mol. The molecule has 0 aliphatic carbocycles. The average molecular weight is 292 g/mol. The van der Waals surface area contributed by atoms with Crippen molar-refractivity contribution >= 4 is 16.2 Å². The highest BCUT2D eigenvalue weighted by Crippen LogP contribution is 2.28. The lowest BCUT2D eigenvalue weighted by Crippen LogP contribution is -2.54. The van der Waals surface area contributed by atoms with Crippen molar-refractivity contribution in [1.82, 2.24) is 8.61 Å². The Morgan fingerprint density at radius 3 is 2.42 bits per heavy atom. The molecule has 0 radical (unpaired) electrons. The summed E-state index contributed by atoms with van der Waals surface area (Å²) in [5.74, 6) is -1.09. The summed E-state index contributed by atoms with van der Waals surface area (Å²) in [6, 6.07) is -1.39. The van der Waals surface area contributed by atoms with E-state index < -0.39 is 28.3 Å². The van der Waals surface area contributed by atoms with Crippen LogP contribution in [-0.2, 0) is 15.0 Å². The highest BCUT2D eigenvalue weighted by Gasteiger charge is 2.43. The van der Waals surface area contributed by atoms with Crippen LogP contribution in [0.15, 0.2) is 0 Å². The van der Waals surface area contributed by atoms with E-state index in [4.69, 9.17) is 5.11 Å². The molecule has 0 bridgehead atoms. The van der Waals surface area contributed by atoms with Gasteiger partial charge in [0, 0.05) is 19.1 Å². The van der Waals surface area contributed by atoms with Crippen LogP contribution < -0.4 is 0 Å². The lowest BCUT2D eigenvalue weighted by molar-refractivity contribution is -0.142. The summed E-state index contributed by atoms with van der Waals surface area (Å²) in [6.45, 7) is 0.384. The molecule has 7 nitrogen and oxygen atoms in total. The summed E-state index contributed by atoms with van der Waals surface area (Å²) in [7, 11) is -3.79. The van der Waals surface area contributed by atoms with Crippen molar-refractivity contribution in [3.8, 4) is 0 Å². The maximum absolute atomic E-state index is 12.5. The first-order chi connectivity index (χ1) is 8.98. The number of aliphatic carboxylic acids is 1. The normalized spacial score (nSPS) is 30.6. The topological polar surface area (TPSA) is 98.2 Å². The maximum atomic E-state index is 12.5. The summed E-state index contributed by atoms with van der Waals surface area (Å²) in [4.78, 5) is 11.2. The molecule has 2 fully saturated rings. The molecule has 0 aromatic rings.